The van der Waals surface area contributed by atoms with Crippen LogP contribution in [0.4, 0.5) is 11.5 Å². The maximum Gasteiger partial charge on any atom is 0.333 e. The van der Waals surface area contributed by atoms with Crippen LogP contribution in [-0.2, 0) is 11.8 Å². The van der Waals surface area contributed by atoms with Gasteiger partial charge in [-0.2, -0.15) is 5.10 Å². The predicted octanol–water partition coefficient (Wildman–Crippen LogP) is 1.23. The number of aromatic nitrogens is 2. The first-order valence-corrected chi connectivity index (χ1v) is 5.57. The SMILES string of the molecule is Cc1nn(C)c(NC2CCOC2C)c1[N+](=O)[O-]. The highest BCUT2D eigenvalue weighted by molar-refractivity contribution is 5.60. The first-order valence-electron chi connectivity index (χ1n) is 5.57. The molecule has 1 saturated heterocycles. The van der Waals surface area contributed by atoms with E-state index in [9.17, 15) is 10.1 Å². The van der Waals surface area contributed by atoms with Crippen molar-refractivity contribution >= 4 is 11.5 Å². The third-order valence-corrected chi connectivity index (χ3v) is 3.07. The van der Waals surface area contributed by atoms with Gasteiger partial charge in [-0.3, -0.25) is 10.1 Å². The van der Waals surface area contributed by atoms with Gasteiger partial charge >= 0.3 is 5.69 Å². The fourth-order valence-electron chi connectivity index (χ4n) is 2.12. The molecule has 0 bridgehead atoms. The van der Waals surface area contributed by atoms with E-state index >= 15 is 0 Å². The zero-order chi connectivity index (χ0) is 12.6. The molecular weight excluding hydrogens is 224 g/mol. The van der Waals surface area contributed by atoms with Crippen LogP contribution in [0.2, 0.25) is 0 Å². The summed E-state index contributed by atoms with van der Waals surface area (Å²) in [4.78, 5) is 10.6. The molecule has 1 aromatic heterocycles. The summed E-state index contributed by atoms with van der Waals surface area (Å²) in [5.74, 6) is 0.454. The smallest absolute Gasteiger partial charge is 0.333 e. The van der Waals surface area contributed by atoms with E-state index in [1.54, 1.807) is 14.0 Å². The van der Waals surface area contributed by atoms with Crippen LogP contribution in [0.5, 0.6) is 0 Å². The van der Waals surface area contributed by atoms with Crippen molar-refractivity contribution in [2.45, 2.75) is 32.4 Å². The molecule has 0 amide bonds. The van der Waals surface area contributed by atoms with Gasteiger partial charge in [0, 0.05) is 13.7 Å². The van der Waals surface area contributed by atoms with Crippen LogP contribution in [0.15, 0.2) is 0 Å². The maximum atomic E-state index is 11.0. The van der Waals surface area contributed by atoms with E-state index in [4.69, 9.17) is 4.74 Å². The molecule has 2 rings (SSSR count). The van der Waals surface area contributed by atoms with Gasteiger partial charge in [-0.1, -0.05) is 0 Å². The highest BCUT2D eigenvalue weighted by Gasteiger charge is 2.30. The summed E-state index contributed by atoms with van der Waals surface area (Å²) in [5, 5.41) is 18.2. The van der Waals surface area contributed by atoms with Crippen molar-refractivity contribution in [1.29, 1.82) is 0 Å². The Bertz CT molecular complexity index is 443. The van der Waals surface area contributed by atoms with Gasteiger partial charge in [0.25, 0.3) is 0 Å². The van der Waals surface area contributed by atoms with Gasteiger partial charge in [-0.15, -0.1) is 0 Å². The van der Waals surface area contributed by atoms with Crippen molar-refractivity contribution in [2.24, 2.45) is 7.05 Å². The number of aryl methyl sites for hydroxylation is 2. The van der Waals surface area contributed by atoms with E-state index in [1.165, 1.54) is 4.68 Å². The van der Waals surface area contributed by atoms with Crippen molar-refractivity contribution in [3.8, 4) is 0 Å². The van der Waals surface area contributed by atoms with E-state index in [-0.39, 0.29) is 17.8 Å². The average molecular weight is 240 g/mol. The Morgan fingerprint density at radius 1 is 1.65 bits per heavy atom. The lowest BCUT2D eigenvalue weighted by atomic mass is 10.1. The lowest BCUT2D eigenvalue weighted by molar-refractivity contribution is -0.384. The summed E-state index contributed by atoms with van der Waals surface area (Å²) in [5.41, 5.74) is 0.471. The number of nitrogens with zero attached hydrogens (tertiary/aromatic N) is 3. The molecule has 7 nitrogen and oxygen atoms in total. The van der Waals surface area contributed by atoms with Gasteiger partial charge in [-0.25, -0.2) is 4.68 Å². The minimum absolute atomic E-state index is 0.0478. The Balaban J connectivity index is 2.28. The summed E-state index contributed by atoms with van der Waals surface area (Å²) in [6.45, 7) is 4.28. The minimum Gasteiger partial charge on any atom is -0.376 e. The number of nitro groups is 1. The summed E-state index contributed by atoms with van der Waals surface area (Å²) in [6, 6.07) is 0.100. The van der Waals surface area contributed by atoms with Crippen molar-refractivity contribution in [3.05, 3.63) is 15.8 Å². The lowest BCUT2D eigenvalue weighted by Gasteiger charge is -2.16. The van der Waals surface area contributed by atoms with Crippen LogP contribution < -0.4 is 5.32 Å². The molecule has 1 N–H and O–H groups in total. The summed E-state index contributed by atoms with van der Waals surface area (Å²) in [6.07, 6.45) is 0.910. The highest BCUT2D eigenvalue weighted by atomic mass is 16.6. The second-order valence-corrected chi connectivity index (χ2v) is 4.28. The minimum atomic E-state index is -0.398. The second kappa shape index (κ2) is 4.33. The number of nitrogens with one attached hydrogen (secondary N) is 1. The van der Waals surface area contributed by atoms with Crippen LogP contribution in [0, 0.1) is 17.0 Å². The Kier molecular flexibility index (Phi) is 3.01. The van der Waals surface area contributed by atoms with Gasteiger partial charge < -0.3 is 10.1 Å². The Labute approximate surface area is 98.9 Å². The molecule has 0 aromatic carbocycles. The molecule has 1 aliphatic rings. The van der Waals surface area contributed by atoms with Gasteiger partial charge in [0.05, 0.1) is 17.1 Å². The maximum absolute atomic E-state index is 11.0. The Morgan fingerprint density at radius 3 is 2.88 bits per heavy atom. The molecule has 94 valence electrons. The molecule has 2 heterocycles. The molecule has 0 aliphatic carbocycles. The van der Waals surface area contributed by atoms with Gasteiger partial charge in [0.1, 0.15) is 5.69 Å². The van der Waals surface area contributed by atoms with E-state index in [1.807, 2.05) is 6.92 Å². The number of hydrogen-bond acceptors (Lipinski definition) is 5. The monoisotopic (exact) mass is 240 g/mol. The summed E-state index contributed by atoms with van der Waals surface area (Å²) in [7, 11) is 1.70. The average Bonchev–Trinajstić information content (AvgIpc) is 2.73. The van der Waals surface area contributed by atoms with E-state index < -0.39 is 4.92 Å². The van der Waals surface area contributed by atoms with E-state index in [0.717, 1.165) is 6.42 Å². The Hall–Kier alpha value is -1.63. The third-order valence-electron chi connectivity index (χ3n) is 3.07. The van der Waals surface area contributed by atoms with Crippen LogP contribution in [0.25, 0.3) is 0 Å². The molecule has 1 aliphatic heterocycles. The van der Waals surface area contributed by atoms with Crippen molar-refractivity contribution in [2.75, 3.05) is 11.9 Å². The Morgan fingerprint density at radius 2 is 2.35 bits per heavy atom. The largest absolute Gasteiger partial charge is 0.376 e. The summed E-state index contributed by atoms with van der Waals surface area (Å²) >= 11 is 0. The fourth-order valence-corrected chi connectivity index (χ4v) is 2.12. The quantitative estimate of drug-likeness (QED) is 0.634. The summed E-state index contributed by atoms with van der Waals surface area (Å²) < 4.78 is 6.94. The molecule has 0 saturated carbocycles. The fraction of sp³-hybridized carbons (Fsp3) is 0.700. The molecule has 1 fully saturated rings. The first kappa shape index (κ1) is 11.8. The van der Waals surface area contributed by atoms with Crippen LogP contribution >= 0.6 is 0 Å². The number of ether oxygens (including phenoxy) is 1. The van der Waals surface area contributed by atoms with Crippen LogP contribution in [0.1, 0.15) is 19.0 Å². The first-order chi connectivity index (χ1) is 8.00. The zero-order valence-corrected chi connectivity index (χ0v) is 10.1. The van der Waals surface area contributed by atoms with Crippen molar-refractivity contribution in [3.63, 3.8) is 0 Å². The number of hydrogen-bond donors (Lipinski definition) is 1. The molecule has 1 aromatic rings. The predicted molar refractivity (Wildman–Crippen MR) is 62.0 cm³/mol. The van der Waals surface area contributed by atoms with E-state index in [2.05, 4.69) is 10.4 Å². The molecule has 2 unspecified atom stereocenters. The standard InChI is InChI=1S/C10H16N4O3/c1-6-9(14(15)16)10(13(3)12-6)11-8-4-5-17-7(8)2/h7-8,11H,4-5H2,1-3H3. The van der Waals surface area contributed by atoms with Gasteiger partial charge in [0.2, 0.25) is 5.82 Å². The molecule has 7 heteroatoms. The third kappa shape index (κ3) is 2.10. The molecule has 0 spiro atoms. The molecular formula is C10H16N4O3. The number of rotatable bonds is 3. The van der Waals surface area contributed by atoms with Crippen LogP contribution in [0.3, 0.4) is 0 Å². The van der Waals surface area contributed by atoms with Gasteiger partial charge in [-0.05, 0) is 20.3 Å². The normalized spacial score (nSPS) is 23.9. The molecule has 17 heavy (non-hydrogen) atoms. The lowest BCUT2D eigenvalue weighted by Crippen LogP contribution is -2.28. The van der Waals surface area contributed by atoms with Crippen LogP contribution in [-0.4, -0.2) is 33.5 Å². The van der Waals surface area contributed by atoms with E-state index in [0.29, 0.717) is 18.1 Å². The zero-order valence-electron chi connectivity index (χ0n) is 10.1. The van der Waals surface area contributed by atoms with Crippen molar-refractivity contribution in [1.82, 2.24) is 9.78 Å². The topological polar surface area (TPSA) is 82.2 Å². The second-order valence-electron chi connectivity index (χ2n) is 4.28. The van der Waals surface area contributed by atoms with Gasteiger partial charge in [0.15, 0.2) is 0 Å². The number of anilines is 1. The highest BCUT2D eigenvalue weighted by Crippen LogP contribution is 2.29. The molecule has 2 atom stereocenters. The van der Waals surface area contributed by atoms with Crippen molar-refractivity contribution < 1.29 is 9.66 Å². The molecule has 0 radical (unpaired) electrons.